The molecule has 0 aliphatic carbocycles. The highest BCUT2D eigenvalue weighted by Crippen LogP contribution is 2.17. The van der Waals surface area contributed by atoms with Crippen LogP contribution < -0.4 is 10.2 Å². The molecule has 3 N–H and O–H groups in total. The van der Waals surface area contributed by atoms with E-state index in [2.05, 4.69) is 20.1 Å². The van der Waals surface area contributed by atoms with Crippen LogP contribution in [-0.2, 0) is 0 Å². The van der Waals surface area contributed by atoms with Crippen LogP contribution in [0.1, 0.15) is 10.4 Å². The third-order valence-corrected chi connectivity index (χ3v) is 3.02. The second kappa shape index (κ2) is 6.72. The average Bonchev–Trinajstić information content (AvgIpc) is 2.97. The van der Waals surface area contributed by atoms with Gasteiger partial charge >= 0.3 is 12.0 Å². The summed E-state index contributed by atoms with van der Waals surface area (Å²) in [5.41, 5.74) is 0.556. The number of amides is 2. The van der Waals surface area contributed by atoms with Crippen molar-refractivity contribution in [3.8, 4) is 0 Å². The lowest BCUT2D eigenvalue weighted by atomic mass is 10.2. The van der Waals surface area contributed by atoms with Gasteiger partial charge in [0.2, 0.25) is 5.13 Å². The van der Waals surface area contributed by atoms with Gasteiger partial charge in [-0.15, -0.1) is 0 Å². The first-order chi connectivity index (χ1) is 10.1. The van der Waals surface area contributed by atoms with E-state index in [1.54, 1.807) is 0 Å². The lowest BCUT2D eigenvalue weighted by molar-refractivity contribution is 0.0697. The third kappa shape index (κ3) is 3.70. The number of carbonyl (C=O) groups excluding carboxylic acids is 1. The molecular weight excluding hydrogens is 298 g/mol. The van der Waals surface area contributed by atoms with E-state index in [1.807, 2.05) is 0 Å². The molecule has 0 saturated carbocycles. The third-order valence-electron chi connectivity index (χ3n) is 2.51. The fourth-order valence-electron chi connectivity index (χ4n) is 1.57. The summed E-state index contributed by atoms with van der Waals surface area (Å²) in [5.74, 6) is -1.06. The molecular formula is C11H11N5O4S. The van der Waals surface area contributed by atoms with Crippen LogP contribution in [0.3, 0.4) is 0 Å². The minimum Gasteiger partial charge on any atom is -0.478 e. The van der Waals surface area contributed by atoms with E-state index >= 15 is 0 Å². The summed E-state index contributed by atoms with van der Waals surface area (Å²) in [4.78, 5) is 24.2. The van der Waals surface area contributed by atoms with Crippen LogP contribution >= 0.6 is 11.5 Å². The Bertz CT molecular complexity index is 616. The van der Waals surface area contributed by atoms with Crippen molar-refractivity contribution in [2.75, 3.05) is 23.4 Å². The smallest absolute Gasteiger partial charge is 0.335 e. The predicted octanol–water partition coefficient (Wildman–Crippen LogP) is 0.662. The van der Waals surface area contributed by atoms with Gasteiger partial charge in [-0.05, 0) is 29.5 Å². The van der Waals surface area contributed by atoms with Gasteiger partial charge in [-0.2, -0.15) is 0 Å². The van der Waals surface area contributed by atoms with Crippen molar-refractivity contribution in [1.29, 1.82) is 0 Å². The average molecular weight is 309 g/mol. The molecule has 0 saturated heterocycles. The number of hydrogen-bond acceptors (Lipinski definition) is 7. The van der Waals surface area contributed by atoms with E-state index < -0.39 is 12.0 Å². The fraction of sp³-hybridized carbons (Fsp3) is 0.182. The van der Waals surface area contributed by atoms with E-state index in [1.165, 1.54) is 29.2 Å². The van der Waals surface area contributed by atoms with Crippen LogP contribution in [0, 0.1) is 0 Å². The first kappa shape index (κ1) is 14.8. The molecule has 0 spiro atoms. The largest absolute Gasteiger partial charge is 0.478 e. The Labute approximate surface area is 123 Å². The van der Waals surface area contributed by atoms with Crippen molar-refractivity contribution >= 4 is 34.4 Å². The number of benzene rings is 1. The number of aliphatic hydroxyl groups is 1. The summed E-state index contributed by atoms with van der Waals surface area (Å²) in [6.45, 7) is -0.201. The SMILES string of the molecule is O=C(O)c1ccc(N(CCO)C(=O)Nc2nnns2)cc1. The minimum atomic E-state index is -1.06. The Kier molecular flexibility index (Phi) is 4.74. The second-order valence-corrected chi connectivity index (χ2v) is 4.56. The van der Waals surface area contributed by atoms with Crippen molar-refractivity contribution in [3.63, 3.8) is 0 Å². The second-order valence-electron chi connectivity index (χ2n) is 3.82. The van der Waals surface area contributed by atoms with Gasteiger partial charge in [0.05, 0.1) is 18.7 Å². The predicted molar refractivity (Wildman–Crippen MR) is 74.6 cm³/mol. The molecule has 2 amide bonds. The molecule has 2 aromatic rings. The summed E-state index contributed by atoms with van der Waals surface area (Å²) < 4.78 is 3.52. The Morgan fingerprint density at radius 2 is 2.00 bits per heavy atom. The molecule has 0 fully saturated rings. The highest BCUT2D eigenvalue weighted by atomic mass is 32.1. The summed E-state index contributed by atoms with van der Waals surface area (Å²) >= 11 is 0.917. The molecule has 0 radical (unpaired) electrons. The van der Waals surface area contributed by atoms with E-state index in [0.29, 0.717) is 5.69 Å². The van der Waals surface area contributed by atoms with Gasteiger partial charge in [0, 0.05) is 17.2 Å². The zero-order valence-electron chi connectivity index (χ0n) is 10.6. The molecule has 110 valence electrons. The highest BCUT2D eigenvalue weighted by molar-refractivity contribution is 7.09. The van der Waals surface area contributed by atoms with Crippen LogP contribution in [0.4, 0.5) is 15.6 Å². The van der Waals surface area contributed by atoms with Gasteiger partial charge in [0.1, 0.15) is 0 Å². The van der Waals surface area contributed by atoms with Crippen LogP contribution in [0.15, 0.2) is 24.3 Å². The van der Waals surface area contributed by atoms with E-state index in [0.717, 1.165) is 11.5 Å². The Morgan fingerprint density at radius 1 is 1.29 bits per heavy atom. The number of aliphatic hydroxyl groups excluding tert-OH is 1. The summed E-state index contributed by atoms with van der Waals surface area (Å²) in [7, 11) is 0. The van der Waals surface area contributed by atoms with Gasteiger partial charge in [-0.25, -0.2) is 9.59 Å². The molecule has 9 nitrogen and oxygen atoms in total. The number of carboxylic acids is 1. The highest BCUT2D eigenvalue weighted by Gasteiger charge is 2.17. The maximum Gasteiger partial charge on any atom is 0.335 e. The number of nitrogens with one attached hydrogen (secondary N) is 1. The molecule has 1 heterocycles. The molecule has 1 aromatic carbocycles. The van der Waals surface area contributed by atoms with Crippen molar-refractivity contribution in [2.24, 2.45) is 0 Å². The molecule has 21 heavy (non-hydrogen) atoms. The monoisotopic (exact) mass is 309 g/mol. The maximum absolute atomic E-state index is 12.1. The Morgan fingerprint density at radius 3 is 2.52 bits per heavy atom. The van der Waals surface area contributed by atoms with Crippen molar-refractivity contribution in [3.05, 3.63) is 29.8 Å². The minimum absolute atomic E-state index is 0.0461. The summed E-state index contributed by atoms with van der Waals surface area (Å²) in [5, 5.41) is 27.6. The Balaban J connectivity index is 2.17. The fourth-order valence-corrected chi connectivity index (χ4v) is 1.93. The number of anilines is 2. The molecule has 10 heteroatoms. The molecule has 0 aliphatic rings. The lowest BCUT2D eigenvalue weighted by Gasteiger charge is -2.21. The number of hydrogen-bond donors (Lipinski definition) is 3. The number of aromatic carboxylic acids is 1. The first-order valence-corrected chi connectivity index (χ1v) is 6.57. The zero-order chi connectivity index (χ0) is 15.2. The number of urea groups is 1. The van der Waals surface area contributed by atoms with Gasteiger partial charge < -0.3 is 10.2 Å². The van der Waals surface area contributed by atoms with Crippen LogP contribution in [0.2, 0.25) is 0 Å². The Hall–Kier alpha value is -2.59. The lowest BCUT2D eigenvalue weighted by Crippen LogP contribution is -2.37. The van der Waals surface area contributed by atoms with Crippen LogP contribution in [0.25, 0.3) is 0 Å². The number of rotatable bonds is 5. The molecule has 1 aromatic heterocycles. The maximum atomic E-state index is 12.1. The number of carbonyl (C=O) groups is 2. The van der Waals surface area contributed by atoms with Gasteiger partial charge in [0.15, 0.2) is 0 Å². The topological polar surface area (TPSA) is 129 Å². The number of aromatic nitrogens is 3. The van der Waals surface area contributed by atoms with E-state index in [-0.39, 0.29) is 23.8 Å². The van der Waals surface area contributed by atoms with Crippen molar-refractivity contribution in [1.82, 2.24) is 14.8 Å². The van der Waals surface area contributed by atoms with Crippen molar-refractivity contribution in [2.45, 2.75) is 0 Å². The molecule has 0 atom stereocenters. The van der Waals surface area contributed by atoms with E-state index in [9.17, 15) is 9.59 Å². The van der Waals surface area contributed by atoms with Crippen molar-refractivity contribution < 1.29 is 19.8 Å². The first-order valence-electron chi connectivity index (χ1n) is 5.79. The van der Waals surface area contributed by atoms with Crippen LogP contribution in [-0.4, -0.2) is 50.2 Å². The molecule has 0 aliphatic heterocycles. The van der Waals surface area contributed by atoms with Crippen LogP contribution in [0.5, 0.6) is 0 Å². The summed E-state index contributed by atoms with van der Waals surface area (Å²) in [6.07, 6.45) is 0. The quantitative estimate of drug-likeness (QED) is 0.740. The molecule has 0 bridgehead atoms. The zero-order valence-corrected chi connectivity index (χ0v) is 11.4. The normalized spacial score (nSPS) is 10.1. The molecule has 2 rings (SSSR count). The number of nitrogens with zero attached hydrogens (tertiary/aromatic N) is 4. The van der Waals surface area contributed by atoms with E-state index in [4.69, 9.17) is 10.2 Å². The van der Waals surface area contributed by atoms with Gasteiger partial charge in [-0.1, -0.05) is 9.59 Å². The van der Waals surface area contributed by atoms with Gasteiger partial charge in [0.25, 0.3) is 0 Å². The number of carboxylic acid groups (broad SMARTS) is 1. The standard InChI is InChI=1S/C11H11N5O4S/c17-6-5-16(11(20)12-10-13-14-15-21-10)8-3-1-7(2-4-8)9(18)19/h1-4,17H,5-6H2,(H,18,19)(H,12,13,15,20). The summed E-state index contributed by atoms with van der Waals surface area (Å²) in [6, 6.07) is 5.20. The molecule has 0 unspecified atom stereocenters. The van der Waals surface area contributed by atoms with Gasteiger partial charge in [-0.3, -0.25) is 10.2 Å².